The molecule has 1 saturated heterocycles. The molecule has 0 aromatic heterocycles. The molecule has 0 aromatic carbocycles. The van der Waals surface area contributed by atoms with Crippen LogP contribution in [0.2, 0.25) is 0 Å². The van der Waals surface area contributed by atoms with Crippen LogP contribution in [0.1, 0.15) is 13.3 Å². The van der Waals surface area contributed by atoms with Gasteiger partial charge < -0.3 is 10.2 Å². The lowest BCUT2D eigenvalue weighted by molar-refractivity contribution is -0.149. The Morgan fingerprint density at radius 1 is 1.54 bits per heavy atom. The molecular weight excluding hydrogens is 196 g/mol. The molecule has 3 unspecified atom stereocenters. The zero-order valence-corrected chi connectivity index (χ0v) is 7.99. The Hall–Kier alpha value is -0.620. The molecule has 13 heavy (non-hydrogen) atoms. The molecule has 0 saturated carbocycles. The average Bonchev–Trinajstić information content (AvgIpc) is 2.25. The van der Waals surface area contributed by atoms with E-state index >= 15 is 0 Å². The number of aliphatic carboxylic acids is 1. The minimum absolute atomic E-state index is 0.221. The fourth-order valence-corrected chi connectivity index (χ4v) is 3.31. The molecule has 0 bridgehead atoms. The fraction of sp³-hybridized carbons (Fsp3) is 0.857. The van der Waals surface area contributed by atoms with Crippen LogP contribution in [-0.4, -0.2) is 41.7 Å². The molecule has 1 aliphatic rings. The van der Waals surface area contributed by atoms with Gasteiger partial charge in [0.05, 0.1) is 11.0 Å². The second-order valence-electron chi connectivity index (χ2n) is 3.42. The number of hydrogen-bond donors (Lipinski definition) is 2. The van der Waals surface area contributed by atoms with E-state index in [-0.39, 0.29) is 12.2 Å². The quantitative estimate of drug-likeness (QED) is 0.623. The summed E-state index contributed by atoms with van der Waals surface area (Å²) in [5.74, 6) is -2.23. The van der Waals surface area contributed by atoms with Crippen molar-refractivity contribution in [2.75, 3.05) is 5.75 Å². The van der Waals surface area contributed by atoms with E-state index in [1.165, 1.54) is 6.92 Å². The Kier molecular flexibility index (Phi) is 2.63. The molecule has 0 radical (unpaired) electrons. The highest BCUT2D eigenvalue weighted by molar-refractivity contribution is 7.92. The number of carbonyl (C=O) groups is 1. The maximum absolute atomic E-state index is 11.2. The van der Waals surface area contributed by atoms with Gasteiger partial charge in [-0.15, -0.1) is 0 Å². The molecule has 76 valence electrons. The van der Waals surface area contributed by atoms with Crippen LogP contribution in [0.5, 0.6) is 0 Å². The van der Waals surface area contributed by atoms with Crippen LogP contribution >= 0.6 is 0 Å². The van der Waals surface area contributed by atoms with Crippen LogP contribution in [0.4, 0.5) is 0 Å². The first-order chi connectivity index (χ1) is 5.84. The van der Waals surface area contributed by atoms with Gasteiger partial charge in [-0.3, -0.25) is 0 Å². The summed E-state index contributed by atoms with van der Waals surface area (Å²) in [4.78, 5) is 10.4. The van der Waals surface area contributed by atoms with E-state index in [0.717, 1.165) is 0 Å². The van der Waals surface area contributed by atoms with Gasteiger partial charge in [0.2, 0.25) is 0 Å². The van der Waals surface area contributed by atoms with Crippen LogP contribution in [0.25, 0.3) is 0 Å². The van der Waals surface area contributed by atoms with Gasteiger partial charge in [0.1, 0.15) is 0 Å². The van der Waals surface area contributed by atoms with Crippen molar-refractivity contribution in [1.29, 1.82) is 0 Å². The highest BCUT2D eigenvalue weighted by Crippen LogP contribution is 2.27. The monoisotopic (exact) mass is 208 g/mol. The normalized spacial score (nSPS) is 34.3. The molecule has 1 rings (SSSR count). The second kappa shape index (κ2) is 3.26. The Morgan fingerprint density at radius 2 is 2.08 bits per heavy atom. The van der Waals surface area contributed by atoms with Crippen molar-refractivity contribution in [3.05, 3.63) is 0 Å². The zero-order chi connectivity index (χ0) is 10.2. The van der Waals surface area contributed by atoms with Gasteiger partial charge >= 0.3 is 5.97 Å². The SMILES string of the molecule is CC1CC(C(O)C(=O)O)CS1(=O)=O. The zero-order valence-electron chi connectivity index (χ0n) is 7.17. The van der Waals surface area contributed by atoms with Crippen LogP contribution in [0.15, 0.2) is 0 Å². The van der Waals surface area contributed by atoms with Gasteiger partial charge in [-0.05, 0) is 13.3 Å². The fourth-order valence-electron chi connectivity index (χ4n) is 1.53. The van der Waals surface area contributed by atoms with Crippen molar-refractivity contribution in [3.8, 4) is 0 Å². The highest BCUT2D eigenvalue weighted by Gasteiger charge is 2.41. The van der Waals surface area contributed by atoms with Crippen LogP contribution < -0.4 is 0 Å². The first-order valence-corrected chi connectivity index (χ1v) is 5.68. The molecule has 0 amide bonds. The predicted octanol–water partition coefficient (Wildman–Crippen LogP) is -0.745. The molecule has 2 N–H and O–H groups in total. The van der Waals surface area contributed by atoms with Crippen LogP contribution in [-0.2, 0) is 14.6 Å². The summed E-state index contributed by atoms with van der Waals surface area (Å²) in [5.41, 5.74) is 0. The minimum atomic E-state index is -3.18. The Balaban J connectivity index is 2.75. The van der Waals surface area contributed by atoms with Gasteiger partial charge in [0.15, 0.2) is 15.9 Å². The number of hydrogen-bond acceptors (Lipinski definition) is 4. The van der Waals surface area contributed by atoms with Crippen molar-refractivity contribution < 1.29 is 23.4 Å². The van der Waals surface area contributed by atoms with Crippen molar-refractivity contribution in [2.45, 2.75) is 24.7 Å². The molecule has 1 aliphatic heterocycles. The van der Waals surface area contributed by atoms with Gasteiger partial charge in [-0.2, -0.15) is 0 Å². The summed E-state index contributed by atoms with van der Waals surface area (Å²) in [6.07, 6.45) is -1.32. The number of sulfone groups is 1. The summed E-state index contributed by atoms with van der Waals surface area (Å²) in [6, 6.07) is 0. The van der Waals surface area contributed by atoms with E-state index in [1.807, 2.05) is 0 Å². The van der Waals surface area contributed by atoms with Crippen LogP contribution in [0.3, 0.4) is 0 Å². The average molecular weight is 208 g/mol. The standard InChI is InChI=1S/C7H12O5S/c1-4-2-5(3-13(4,11)12)6(8)7(9)10/h4-6,8H,2-3H2,1H3,(H,9,10). The number of aliphatic hydroxyl groups is 1. The predicted molar refractivity (Wildman–Crippen MR) is 45.0 cm³/mol. The molecule has 0 aromatic rings. The van der Waals surface area contributed by atoms with Crippen molar-refractivity contribution in [2.24, 2.45) is 5.92 Å². The Bertz CT molecular complexity index is 307. The third-order valence-electron chi connectivity index (χ3n) is 2.39. The van der Waals surface area contributed by atoms with Gasteiger partial charge in [0, 0.05) is 5.92 Å². The molecule has 1 fully saturated rings. The third kappa shape index (κ3) is 2.00. The molecule has 6 heteroatoms. The van der Waals surface area contributed by atoms with Crippen molar-refractivity contribution >= 4 is 15.8 Å². The summed E-state index contributed by atoms with van der Waals surface area (Å²) in [6.45, 7) is 1.53. The van der Waals surface area contributed by atoms with Crippen molar-refractivity contribution in [1.82, 2.24) is 0 Å². The minimum Gasteiger partial charge on any atom is -0.479 e. The topological polar surface area (TPSA) is 91.7 Å². The third-order valence-corrected chi connectivity index (χ3v) is 4.70. The smallest absolute Gasteiger partial charge is 0.332 e. The van der Waals surface area contributed by atoms with E-state index in [4.69, 9.17) is 10.2 Å². The van der Waals surface area contributed by atoms with Gasteiger partial charge in [0.25, 0.3) is 0 Å². The number of rotatable bonds is 2. The molecule has 3 atom stereocenters. The van der Waals surface area contributed by atoms with Gasteiger partial charge in [-0.1, -0.05) is 0 Å². The number of carboxylic acid groups (broad SMARTS) is 1. The van der Waals surface area contributed by atoms with E-state index in [0.29, 0.717) is 0 Å². The maximum Gasteiger partial charge on any atom is 0.332 e. The molecule has 5 nitrogen and oxygen atoms in total. The lowest BCUT2D eigenvalue weighted by Crippen LogP contribution is -2.29. The summed E-state index contributed by atoms with van der Waals surface area (Å²) in [7, 11) is -3.18. The maximum atomic E-state index is 11.2. The summed E-state index contributed by atoms with van der Waals surface area (Å²) < 4.78 is 22.4. The van der Waals surface area contributed by atoms with E-state index in [1.54, 1.807) is 0 Å². The first kappa shape index (κ1) is 10.5. The molecule has 1 heterocycles. The second-order valence-corrected chi connectivity index (χ2v) is 5.88. The largest absolute Gasteiger partial charge is 0.479 e. The molecule has 0 aliphatic carbocycles. The Labute approximate surface area is 76.3 Å². The first-order valence-electron chi connectivity index (χ1n) is 3.97. The number of aliphatic hydroxyl groups excluding tert-OH is 1. The lowest BCUT2D eigenvalue weighted by Gasteiger charge is -2.10. The summed E-state index contributed by atoms with van der Waals surface area (Å²) in [5, 5.41) is 17.0. The Morgan fingerprint density at radius 3 is 2.38 bits per heavy atom. The molecule has 0 spiro atoms. The highest BCUT2D eigenvalue weighted by atomic mass is 32.2. The van der Waals surface area contributed by atoms with Crippen LogP contribution in [0, 0.1) is 5.92 Å². The van der Waals surface area contributed by atoms with E-state index < -0.39 is 33.1 Å². The van der Waals surface area contributed by atoms with E-state index in [2.05, 4.69) is 0 Å². The van der Waals surface area contributed by atoms with Crippen molar-refractivity contribution in [3.63, 3.8) is 0 Å². The molecular formula is C7H12O5S. The van der Waals surface area contributed by atoms with E-state index in [9.17, 15) is 13.2 Å². The summed E-state index contributed by atoms with van der Waals surface area (Å²) >= 11 is 0. The lowest BCUT2D eigenvalue weighted by atomic mass is 10.00. The number of carboxylic acids is 1. The van der Waals surface area contributed by atoms with Gasteiger partial charge in [-0.25, -0.2) is 13.2 Å².